The number of urea groups is 1. The smallest absolute Gasteiger partial charge is 0.339 e. The summed E-state index contributed by atoms with van der Waals surface area (Å²) >= 11 is 0. The number of methoxy groups -OCH3 is 1. The Bertz CT molecular complexity index is 791. The molecule has 0 fully saturated rings. The number of amides is 2. The summed E-state index contributed by atoms with van der Waals surface area (Å²) in [6.07, 6.45) is 1.10. The summed E-state index contributed by atoms with van der Waals surface area (Å²) in [6.45, 7) is 0. The van der Waals surface area contributed by atoms with Crippen molar-refractivity contribution >= 4 is 23.6 Å². The van der Waals surface area contributed by atoms with Crippen LogP contribution in [-0.2, 0) is 0 Å². The maximum absolute atomic E-state index is 11.8. The fourth-order valence-electron chi connectivity index (χ4n) is 1.82. The Morgan fingerprint density at radius 1 is 1.33 bits per heavy atom. The number of carbonyl (C=O) groups excluding carboxylic acids is 1. The molecule has 0 atom stereocenters. The Morgan fingerprint density at radius 2 is 2.08 bits per heavy atom. The number of nitrogens with zero attached hydrogens (tertiary/aromatic N) is 2. The number of nitro groups is 1. The minimum Gasteiger partial charge on any atom is -0.507 e. The van der Waals surface area contributed by atoms with Crippen LogP contribution in [0.1, 0.15) is 5.56 Å². The first-order valence-corrected chi connectivity index (χ1v) is 6.71. The number of carbonyl (C=O) groups is 1. The molecule has 2 rings (SSSR count). The van der Waals surface area contributed by atoms with Crippen LogP contribution >= 0.6 is 0 Å². The van der Waals surface area contributed by atoms with Gasteiger partial charge in [-0.25, -0.2) is 10.2 Å². The quantitative estimate of drug-likeness (QED) is 0.441. The average Bonchev–Trinajstić information content (AvgIpc) is 2.56. The number of ether oxygens (including phenoxy) is 1. The summed E-state index contributed by atoms with van der Waals surface area (Å²) in [5.74, 6) is 0.282. The van der Waals surface area contributed by atoms with Gasteiger partial charge in [-0.05, 0) is 18.2 Å². The van der Waals surface area contributed by atoms with Gasteiger partial charge in [-0.1, -0.05) is 12.1 Å². The van der Waals surface area contributed by atoms with Gasteiger partial charge in [0.15, 0.2) is 0 Å². The lowest BCUT2D eigenvalue weighted by molar-refractivity contribution is -0.384. The molecule has 0 aliphatic carbocycles. The van der Waals surface area contributed by atoms with Crippen LogP contribution < -0.4 is 15.5 Å². The van der Waals surface area contributed by atoms with Gasteiger partial charge in [-0.2, -0.15) is 5.10 Å². The Labute approximate surface area is 136 Å². The third-order valence-electron chi connectivity index (χ3n) is 2.95. The highest BCUT2D eigenvalue weighted by atomic mass is 16.6. The molecule has 0 spiro atoms. The molecule has 0 saturated carbocycles. The third kappa shape index (κ3) is 4.19. The molecule has 0 aliphatic heterocycles. The van der Waals surface area contributed by atoms with E-state index in [1.54, 1.807) is 24.3 Å². The topological polar surface area (TPSA) is 126 Å². The lowest BCUT2D eigenvalue weighted by Gasteiger charge is -2.08. The molecule has 0 unspecified atom stereocenters. The van der Waals surface area contributed by atoms with Crippen LogP contribution in [0.4, 0.5) is 16.2 Å². The van der Waals surface area contributed by atoms with Crippen molar-refractivity contribution in [1.29, 1.82) is 0 Å². The fourth-order valence-corrected chi connectivity index (χ4v) is 1.82. The van der Waals surface area contributed by atoms with Crippen molar-refractivity contribution in [3.63, 3.8) is 0 Å². The zero-order chi connectivity index (χ0) is 17.5. The van der Waals surface area contributed by atoms with Gasteiger partial charge in [0.2, 0.25) is 0 Å². The molecule has 0 aliphatic rings. The van der Waals surface area contributed by atoms with Gasteiger partial charge in [-0.15, -0.1) is 0 Å². The van der Waals surface area contributed by atoms with E-state index in [0.717, 1.165) is 18.3 Å². The van der Waals surface area contributed by atoms with E-state index in [4.69, 9.17) is 4.74 Å². The van der Waals surface area contributed by atoms with Gasteiger partial charge in [0.25, 0.3) is 5.69 Å². The van der Waals surface area contributed by atoms with E-state index in [2.05, 4.69) is 15.8 Å². The number of para-hydroxylation sites is 2. The molecule has 9 heteroatoms. The van der Waals surface area contributed by atoms with E-state index >= 15 is 0 Å². The Balaban J connectivity index is 2.02. The number of hydrogen-bond donors (Lipinski definition) is 3. The summed E-state index contributed by atoms with van der Waals surface area (Å²) in [5, 5.41) is 26.5. The molecule has 0 saturated heterocycles. The summed E-state index contributed by atoms with van der Waals surface area (Å²) in [4.78, 5) is 21.9. The minimum absolute atomic E-state index is 0.0989. The van der Waals surface area contributed by atoms with E-state index in [-0.39, 0.29) is 17.0 Å². The Morgan fingerprint density at radius 3 is 2.79 bits per heavy atom. The predicted octanol–water partition coefficient (Wildman–Crippen LogP) is 2.46. The molecule has 0 bridgehead atoms. The number of benzene rings is 2. The maximum Gasteiger partial charge on any atom is 0.339 e. The van der Waals surface area contributed by atoms with Crippen LogP contribution in [0.15, 0.2) is 47.6 Å². The molecule has 3 N–H and O–H groups in total. The number of hydrazone groups is 1. The summed E-state index contributed by atoms with van der Waals surface area (Å²) in [6, 6.07) is 9.64. The highest BCUT2D eigenvalue weighted by Gasteiger charge is 2.09. The van der Waals surface area contributed by atoms with Gasteiger partial charge >= 0.3 is 6.03 Å². The number of rotatable bonds is 5. The Kier molecular flexibility index (Phi) is 5.29. The van der Waals surface area contributed by atoms with Crippen LogP contribution in [0.5, 0.6) is 11.5 Å². The molecular formula is C15H14N4O5. The van der Waals surface area contributed by atoms with Crippen molar-refractivity contribution in [2.75, 3.05) is 12.4 Å². The summed E-state index contributed by atoms with van der Waals surface area (Å²) < 4.78 is 5.09. The molecule has 0 heterocycles. The van der Waals surface area contributed by atoms with Gasteiger partial charge in [0, 0.05) is 17.7 Å². The first kappa shape index (κ1) is 16.7. The fraction of sp³-hybridized carbons (Fsp3) is 0.0667. The average molecular weight is 330 g/mol. The van der Waals surface area contributed by atoms with Crippen molar-refractivity contribution in [2.45, 2.75) is 0 Å². The number of phenolic OH excluding ortho intramolecular Hbond substituents is 1. The number of phenols is 1. The van der Waals surface area contributed by atoms with Crippen molar-refractivity contribution in [3.05, 3.63) is 58.1 Å². The zero-order valence-electron chi connectivity index (χ0n) is 12.6. The number of non-ortho nitro benzene ring substituents is 1. The first-order valence-electron chi connectivity index (χ1n) is 6.71. The molecule has 24 heavy (non-hydrogen) atoms. The van der Waals surface area contributed by atoms with E-state index in [1.807, 2.05) is 0 Å². The summed E-state index contributed by atoms with van der Waals surface area (Å²) in [7, 11) is 1.47. The molecule has 2 aromatic carbocycles. The van der Waals surface area contributed by atoms with Crippen molar-refractivity contribution < 1.29 is 19.6 Å². The zero-order valence-corrected chi connectivity index (χ0v) is 12.6. The van der Waals surface area contributed by atoms with E-state index in [0.29, 0.717) is 11.4 Å². The molecular weight excluding hydrogens is 316 g/mol. The van der Waals surface area contributed by atoms with E-state index < -0.39 is 11.0 Å². The predicted molar refractivity (Wildman–Crippen MR) is 87.5 cm³/mol. The SMILES string of the molecule is COc1ccccc1NC(=O)N/N=C/c1cc([N+](=O)[O-])ccc1O. The first-order chi connectivity index (χ1) is 11.5. The molecule has 9 nitrogen and oxygen atoms in total. The largest absolute Gasteiger partial charge is 0.507 e. The van der Waals surface area contributed by atoms with Crippen LogP contribution in [-0.4, -0.2) is 29.4 Å². The number of nitrogens with one attached hydrogen (secondary N) is 2. The van der Waals surface area contributed by atoms with Crippen LogP contribution in [0.2, 0.25) is 0 Å². The van der Waals surface area contributed by atoms with Crippen LogP contribution in [0.25, 0.3) is 0 Å². The second kappa shape index (κ2) is 7.58. The van der Waals surface area contributed by atoms with Crippen molar-refractivity contribution in [1.82, 2.24) is 5.43 Å². The second-order valence-electron chi connectivity index (χ2n) is 4.52. The molecule has 0 radical (unpaired) electrons. The molecule has 124 valence electrons. The second-order valence-corrected chi connectivity index (χ2v) is 4.52. The number of nitro benzene ring substituents is 1. The van der Waals surface area contributed by atoms with Gasteiger partial charge in [-0.3, -0.25) is 10.1 Å². The lowest BCUT2D eigenvalue weighted by atomic mass is 10.2. The highest BCUT2D eigenvalue weighted by Crippen LogP contribution is 2.23. The van der Waals surface area contributed by atoms with Gasteiger partial charge in [0.05, 0.1) is 23.9 Å². The highest BCUT2D eigenvalue weighted by molar-refractivity contribution is 5.92. The third-order valence-corrected chi connectivity index (χ3v) is 2.95. The Hall–Kier alpha value is -3.62. The van der Waals surface area contributed by atoms with Gasteiger partial charge < -0.3 is 15.2 Å². The summed E-state index contributed by atoms with van der Waals surface area (Å²) in [5.41, 5.74) is 2.54. The maximum atomic E-state index is 11.8. The normalized spacial score (nSPS) is 10.4. The van der Waals surface area contributed by atoms with Crippen molar-refractivity contribution in [2.24, 2.45) is 5.10 Å². The monoisotopic (exact) mass is 330 g/mol. The van der Waals surface area contributed by atoms with Crippen LogP contribution in [0.3, 0.4) is 0 Å². The molecule has 2 aromatic rings. The standard InChI is InChI=1S/C15H14N4O5/c1-24-14-5-3-2-4-12(14)17-15(21)18-16-9-10-8-11(19(22)23)6-7-13(10)20/h2-9,20H,1H3,(H2,17,18,21)/b16-9+. The van der Waals surface area contributed by atoms with Crippen molar-refractivity contribution in [3.8, 4) is 11.5 Å². The molecule has 0 aromatic heterocycles. The molecule has 2 amide bonds. The van der Waals surface area contributed by atoms with Gasteiger partial charge in [0.1, 0.15) is 11.5 Å². The van der Waals surface area contributed by atoms with E-state index in [9.17, 15) is 20.0 Å². The minimum atomic E-state index is -0.638. The lowest BCUT2D eigenvalue weighted by Crippen LogP contribution is -2.24. The van der Waals surface area contributed by atoms with Crippen LogP contribution in [0, 0.1) is 10.1 Å². The number of anilines is 1. The number of hydrogen-bond acceptors (Lipinski definition) is 6. The van der Waals surface area contributed by atoms with E-state index in [1.165, 1.54) is 13.2 Å². The number of aromatic hydroxyl groups is 1.